The summed E-state index contributed by atoms with van der Waals surface area (Å²) in [5.41, 5.74) is 1.77. The molecule has 0 atom stereocenters. The van der Waals surface area contributed by atoms with E-state index in [1.165, 1.54) is 7.11 Å². The molecule has 3 aromatic rings. The first-order valence-corrected chi connectivity index (χ1v) is 11.4. The molecule has 2 amide bonds. The second kappa shape index (κ2) is 11.5. The zero-order chi connectivity index (χ0) is 24.6. The Hall–Kier alpha value is -3.91. The van der Waals surface area contributed by atoms with E-state index in [-0.39, 0.29) is 24.8 Å². The van der Waals surface area contributed by atoms with Crippen LogP contribution in [0.5, 0.6) is 23.0 Å². The first-order valence-electron chi connectivity index (χ1n) is 11.1. The molecule has 182 valence electrons. The molecule has 0 unspecified atom stereocenters. The van der Waals surface area contributed by atoms with Gasteiger partial charge in [-0.2, -0.15) is 0 Å². The number of hydrogen-bond acceptors (Lipinski definition) is 6. The number of halogens is 1. The third-order valence-corrected chi connectivity index (χ3v) is 5.37. The Morgan fingerprint density at radius 2 is 1.63 bits per heavy atom. The quantitative estimate of drug-likeness (QED) is 0.469. The lowest BCUT2D eigenvalue weighted by molar-refractivity contribution is -0.118. The van der Waals surface area contributed by atoms with Crippen molar-refractivity contribution in [3.8, 4) is 23.0 Å². The average Bonchev–Trinajstić information content (AvgIpc) is 3.09. The highest BCUT2D eigenvalue weighted by Gasteiger charge is 2.17. The fraction of sp³-hybridized carbons (Fsp3) is 0.231. The normalized spacial score (nSPS) is 12.3. The molecule has 0 radical (unpaired) electrons. The van der Waals surface area contributed by atoms with E-state index in [9.17, 15) is 9.59 Å². The first-order chi connectivity index (χ1) is 17.0. The van der Waals surface area contributed by atoms with Crippen molar-refractivity contribution in [2.45, 2.75) is 12.8 Å². The molecule has 0 saturated carbocycles. The molecule has 1 aliphatic heterocycles. The minimum absolute atomic E-state index is 0.0969. The number of para-hydroxylation sites is 2. The van der Waals surface area contributed by atoms with Crippen LogP contribution in [0.3, 0.4) is 0 Å². The number of methoxy groups -OCH3 is 1. The molecule has 0 aromatic heterocycles. The number of ether oxygens (including phenoxy) is 4. The second-order valence-corrected chi connectivity index (χ2v) is 8.16. The Kier molecular flexibility index (Phi) is 7.95. The molecular weight excluding hydrogens is 472 g/mol. The lowest BCUT2D eigenvalue weighted by Gasteiger charge is -2.12. The molecule has 4 rings (SSSR count). The van der Waals surface area contributed by atoms with Gasteiger partial charge in [-0.3, -0.25) is 9.59 Å². The number of carbonyl (C=O) groups is 2. The third-order valence-electron chi connectivity index (χ3n) is 5.08. The maximum Gasteiger partial charge on any atom is 0.262 e. The fourth-order valence-electron chi connectivity index (χ4n) is 3.53. The number of fused-ring (bicyclic) bond motifs is 1. The van der Waals surface area contributed by atoms with Gasteiger partial charge < -0.3 is 29.6 Å². The summed E-state index contributed by atoms with van der Waals surface area (Å²) >= 11 is 6.32. The van der Waals surface area contributed by atoms with Gasteiger partial charge >= 0.3 is 0 Å². The van der Waals surface area contributed by atoms with Crippen LogP contribution in [0.2, 0.25) is 5.02 Å². The van der Waals surface area contributed by atoms with Crippen LogP contribution in [0, 0.1) is 0 Å². The van der Waals surface area contributed by atoms with Crippen molar-refractivity contribution in [2.24, 2.45) is 0 Å². The van der Waals surface area contributed by atoms with Crippen LogP contribution in [0.25, 0.3) is 0 Å². The maximum atomic E-state index is 12.6. The van der Waals surface area contributed by atoms with Gasteiger partial charge in [0.05, 0.1) is 31.8 Å². The molecule has 0 bridgehead atoms. The molecule has 0 fully saturated rings. The molecule has 3 aromatic carbocycles. The number of nitrogens with one attached hydrogen (secondary N) is 2. The van der Waals surface area contributed by atoms with E-state index < -0.39 is 0 Å². The number of benzene rings is 3. The molecule has 1 heterocycles. The number of hydrogen-bond donors (Lipinski definition) is 2. The third kappa shape index (κ3) is 6.58. The summed E-state index contributed by atoms with van der Waals surface area (Å²) in [5, 5.41) is 6.00. The standard InChI is InChI=1S/C26H25ClN2O6/c1-32-21-8-2-3-9-22(21)35-16-25(31)29-19-7-4-6-18(15-19)28-24(30)14-17-12-20(27)26-23(13-17)33-10-5-11-34-26/h2-4,6-9,12-13,15H,5,10-11,14,16H2,1H3,(H,28,30)(H,29,31). The van der Waals surface area contributed by atoms with Gasteiger partial charge in [0.2, 0.25) is 5.91 Å². The lowest BCUT2D eigenvalue weighted by Crippen LogP contribution is -2.20. The Morgan fingerprint density at radius 1 is 0.914 bits per heavy atom. The minimum atomic E-state index is -0.346. The molecule has 1 aliphatic rings. The number of rotatable bonds is 8. The van der Waals surface area contributed by atoms with Crippen molar-refractivity contribution < 1.29 is 28.5 Å². The van der Waals surface area contributed by atoms with Crippen LogP contribution in [0.1, 0.15) is 12.0 Å². The van der Waals surface area contributed by atoms with Crippen molar-refractivity contribution >= 4 is 34.8 Å². The van der Waals surface area contributed by atoms with Crippen molar-refractivity contribution in [3.63, 3.8) is 0 Å². The monoisotopic (exact) mass is 496 g/mol. The Bertz CT molecular complexity index is 1220. The van der Waals surface area contributed by atoms with Crippen molar-refractivity contribution in [2.75, 3.05) is 37.6 Å². The van der Waals surface area contributed by atoms with Gasteiger partial charge in [0.15, 0.2) is 29.6 Å². The van der Waals surface area contributed by atoms with Crippen LogP contribution >= 0.6 is 11.6 Å². The van der Waals surface area contributed by atoms with Gasteiger partial charge in [-0.25, -0.2) is 0 Å². The molecular formula is C26H25ClN2O6. The van der Waals surface area contributed by atoms with E-state index >= 15 is 0 Å². The highest BCUT2D eigenvalue weighted by Crippen LogP contribution is 2.38. The van der Waals surface area contributed by atoms with Gasteiger partial charge in [-0.05, 0) is 48.0 Å². The van der Waals surface area contributed by atoms with E-state index in [0.717, 1.165) is 6.42 Å². The Balaban J connectivity index is 1.33. The Labute approximate surface area is 208 Å². The minimum Gasteiger partial charge on any atom is -0.493 e. The van der Waals surface area contributed by atoms with Gasteiger partial charge in [-0.1, -0.05) is 29.8 Å². The van der Waals surface area contributed by atoms with Gasteiger partial charge in [0, 0.05) is 17.8 Å². The summed E-state index contributed by atoms with van der Waals surface area (Å²) in [6.07, 6.45) is 0.861. The van der Waals surface area contributed by atoms with Gasteiger partial charge in [-0.15, -0.1) is 0 Å². The molecule has 8 nitrogen and oxygen atoms in total. The molecule has 35 heavy (non-hydrogen) atoms. The molecule has 0 saturated heterocycles. The zero-order valence-electron chi connectivity index (χ0n) is 19.1. The summed E-state index contributed by atoms with van der Waals surface area (Å²) in [4.78, 5) is 25.0. The lowest BCUT2D eigenvalue weighted by atomic mass is 10.1. The smallest absolute Gasteiger partial charge is 0.262 e. The second-order valence-electron chi connectivity index (χ2n) is 7.75. The molecule has 2 N–H and O–H groups in total. The highest BCUT2D eigenvalue weighted by atomic mass is 35.5. The van der Waals surface area contributed by atoms with Crippen LogP contribution in [-0.2, 0) is 16.0 Å². The number of amides is 2. The van der Waals surface area contributed by atoms with E-state index in [2.05, 4.69) is 10.6 Å². The summed E-state index contributed by atoms with van der Waals surface area (Å²) in [6, 6.07) is 17.4. The van der Waals surface area contributed by atoms with E-state index in [0.29, 0.717) is 58.2 Å². The topological polar surface area (TPSA) is 95.1 Å². The van der Waals surface area contributed by atoms with Gasteiger partial charge in [0.1, 0.15) is 0 Å². The molecule has 0 aliphatic carbocycles. The first kappa shape index (κ1) is 24.2. The molecule has 0 spiro atoms. The summed E-state index contributed by atoms with van der Waals surface area (Å²) in [6.45, 7) is 0.870. The SMILES string of the molecule is COc1ccccc1OCC(=O)Nc1cccc(NC(=O)Cc2cc(Cl)c3c(c2)OCCCO3)c1. The van der Waals surface area contributed by atoms with Crippen LogP contribution in [-0.4, -0.2) is 38.7 Å². The van der Waals surface area contributed by atoms with Crippen molar-refractivity contribution in [3.05, 3.63) is 71.2 Å². The number of anilines is 2. The zero-order valence-corrected chi connectivity index (χ0v) is 19.9. The predicted octanol–water partition coefficient (Wildman–Crippen LogP) is 4.71. The predicted molar refractivity (Wildman–Crippen MR) is 133 cm³/mol. The van der Waals surface area contributed by atoms with E-state index in [1.807, 2.05) is 6.07 Å². The highest BCUT2D eigenvalue weighted by molar-refractivity contribution is 6.32. The summed E-state index contributed by atoms with van der Waals surface area (Å²) in [5.74, 6) is 1.48. The van der Waals surface area contributed by atoms with Crippen LogP contribution in [0.15, 0.2) is 60.7 Å². The van der Waals surface area contributed by atoms with Crippen molar-refractivity contribution in [1.29, 1.82) is 0 Å². The largest absolute Gasteiger partial charge is 0.493 e. The van der Waals surface area contributed by atoms with Crippen LogP contribution in [0.4, 0.5) is 11.4 Å². The number of carbonyl (C=O) groups excluding carboxylic acids is 2. The summed E-state index contributed by atoms with van der Waals surface area (Å²) in [7, 11) is 1.53. The fourth-order valence-corrected chi connectivity index (χ4v) is 3.82. The van der Waals surface area contributed by atoms with Crippen LogP contribution < -0.4 is 29.6 Å². The van der Waals surface area contributed by atoms with Gasteiger partial charge in [0.25, 0.3) is 5.91 Å². The summed E-state index contributed by atoms with van der Waals surface area (Å²) < 4.78 is 22.1. The molecule has 9 heteroatoms. The maximum absolute atomic E-state index is 12.6. The average molecular weight is 497 g/mol. The Morgan fingerprint density at radius 3 is 2.40 bits per heavy atom. The van der Waals surface area contributed by atoms with Crippen molar-refractivity contribution in [1.82, 2.24) is 0 Å². The van der Waals surface area contributed by atoms with E-state index in [4.69, 9.17) is 30.5 Å². The van der Waals surface area contributed by atoms with E-state index in [1.54, 1.807) is 54.6 Å².